The molecule has 0 amide bonds. The number of benzene rings is 2. The zero-order chi connectivity index (χ0) is 14.8. The lowest BCUT2D eigenvalue weighted by Gasteiger charge is -2.06. The van der Waals surface area contributed by atoms with Gasteiger partial charge in [-0.2, -0.15) is 0 Å². The highest BCUT2D eigenvalue weighted by Crippen LogP contribution is 2.21. The summed E-state index contributed by atoms with van der Waals surface area (Å²) < 4.78 is 2.23. The van der Waals surface area contributed by atoms with Gasteiger partial charge >= 0.3 is 0 Å². The van der Waals surface area contributed by atoms with E-state index in [0.717, 1.165) is 47.0 Å². The molecular formula is C17H18ClN3. The SMILES string of the molecule is CCn1c(CCc2ccc(N)cc2)nc2ccc(Cl)cc21. The second kappa shape index (κ2) is 5.78. The maximum absolute atomic E-state index is 6.09. The van der Waals surface area contributed by atoms with Crippen LogP contribution in [-0.2, 0) is 19.4 Å². The average Bonchev–Trinajstić information content (AvgIpc) is 2.83. The number of hydrogen-bond acceptors (Lipinski definition) is 2. The minimum atomic E-state index is 0.752. The molecule has 0 bridgehead atoms. The Balaban J connectivity index is 1.88. The van der Waals surface area contributed by atoms with Gasteiger partial charge in [-0.05, 0) is 49.2 Å². The summed E-state index contributed by atoms with van der Waals surface area (Å²) in [6.45, 7) is 3.03. The first-order valence-electron chi connectivity index (χ1n) is 7.16. The Hall–Kier alpha value is -2.00. The molecule has 2 N–H and O–H groups in total. The smallest absolute Gasteiger partial charge is 0.110 e. The van der Waals surface area contributed by atoms with E-state index in [4.69, 9.17) is 22.3 Å². The molecule has 3 nitrogen and oxygen atoms in total. The van der Waals surface area contributed by atoms with Crippen molar-refractivity contribution < 1.29 is 0 Å². The first-order chi connectivity index (χ1) is 10.2. The largest absolute Gasteiger partial charge is 0.399 e. The number of aryl methyl sites for hydroxylation is 3. The molecule has 0 unspecified atom stereocenters. The summed E-state index contributed by atoms with van der Waals surface area (Å²) in [5.41, 5.74) is 9.91. The van der Waals surface area contributed by atoms with Gasteiger partial charge in [-0.15, -0.1) is 0 Å². The van der Waals surface area contributed by atoms with Crippen LogP contribution in [0.2, 0.25) is 5.02 Å². The van der Waals surface area contributed by atoms with Gasteiger partial charge in [0.25, 0.3) is 0 Å². The first kappa shape index (κ1) is 14.0. The maximum atomic E-state index is 6.09. The number of hydrogen-bond donors (Lipinski definition) is 1. The molecule has 21 heavy (non-hydrogen) atoms. The molecule has 0 spiro atoms. The van der Waals surface area contributed by atoms with Gasteiger partial charge in [-0.25, -0.2) is 4.98 Å². The van der Waals surface area contributed by atoms with E-state index < -0.39 is 0 Å². The molecule has 108 valence electrons. The highest BCUT2D eigenvalue weighted by Gasteiger charge is 2.10. The van der Waals surface area contributed by atoms with Crippen molar-refractivity contribution in [1.82, 2.24) is 9.55 Å². The van der Waals surface area contributed by atoms with Crippen molar-refractivity contribution in [3.63, 3.8) is 0 Å². The number of aromatic nitrogens is 2. The predicted octanol–water partition coefficient (Wildman–Crippen LogP) is 4.08. The number of nitrogen functional groups attached to an aromatic ring is 1. The van der Waals surface area contributed by atoms with Crippen molar-refractivity contribution in [2.45, 2.75) is 26.3 Å². The van der Waals surface area contributed by atoms with Crippen LogP contribution in [0, 0.1) is 0 Å². The predicted molar refractivity (Wildman–Crippen MR) is 88.7 cm³/mol. The number of nitrogens with zero attached hydrogens (tertiary/aromatic N) is 2. The third-order valence-corrected chi connectivity index (χ3v) is 3.96. The van der Waals surface area contributed by atoms with Gasteiger partial charge in [-0.1, -0.05) is 23.7 Å². The molecule has 0 fully saturated rings. The van der Waals surface area contributed by atoms with Gasteiger partial charge in [0, 0.05) is 23.7 Å². The highest BCUT2D eigenvalue weighted by atomic mass is 35.5. The van der Waals surface area contributed by atoms with Gasteiger partial charge in [0.1, 0.15) is 5.82 Å². The van der Waals surface area contributed by atoms with Crippen molar-refractivity contribution in [2.24, 2.45) is 0 Å². The van der Waals surface area contributed by atoms with E-state index in [-0.39, 0.29) is 0 Å². The van der Waals surface area contributed by atoms with Crippen LogP contribution in [0.1, 0.15) is 18.3 Å². The Morgan fingerprint density at radius 1 is 1.10 bits per heavy atom. The van der Waals surface area contributed by atoms with Crippen LogP contribution in [0.3, 0.4) is 0 Å². The van der Waals surface area contributed by atoms with E-state index in [2.05, 4.69) is 23.6 Å². The lowest BCUT2D eigenvalue weighted by molar-refractivity contribution is 0.707. The fourth-order valence-corrected chi connectivity index (χ4v) is 2.80. The van der Waals surface area contributed by atoms with E-state index in [9.17, 15) is 0 Å². The molecule has 0 aliphatic rings. The average molecular weight is 300 g/mol. The minimum Gasteiger partial charge on any atom is -0.399 e. The number of rotatable bonds is 4. The van der Waals surface area contributed by atoms with Crippen molar-refractivity contribution in [3.05, 3.63) is 58.9 Å². The first-order valence-corrected chi connectivity index (χ1v) is 7.54. The van der Waals surface area contributed by atoms with E-state index in [1.807, 2.05) is 30.3 Å². The molecule has 3 rings (SSSR count). The lowest BCUT2D eigenvalue weighted by Crippen LogP contribution is -2.03. The summed E-state index contributed by atoms with van der Waals surface area (Å²) in [6.07, 6.45) is 1.86. The normalized spacial score (nSPS) is 11.1. The van der Waals surface area contributed by atoms with Crippen molar-refractivity contribution >= 4 is 28.3 Å². The van der Waals surface area contributed by atoms with Crippen LogP contribution in [0.15, 0.2) is 42.5 Å². The molecule has 0 saturated heterocycles. The number of anilines is 1. The standard InChI is InChI=1S/C17H18ClN3/c1-2-21-16-11-13(18)6-9-15(16)20-17(21)10-5-12-3-7-14(19)8-4-12/h3-4,6-9,11H,2,5,10,19H2,1H3. The lowest BCUT2D eigenvalue weighted by atomic mass is 10.1. The molecule has 0 atom stereocenters. The summed E-state index contributed by atoms with van der Waals surface area (Å²) in [6, 6.07) is 13.9. The number of nitrogens with two attached hydrogens (primary N) is 1. The molecule has 0 saturated carbocycles. The van der Waals surface area contributed by atoms with Gasteiger partial charge in [0.05, 0.1) is 11.0 Å². The quantitative estimate of drug-likeness (QED) is 0.738. The van der Waals surface area contributed by atoms with Crippen molar-refractivity contribution in [1.29, 1.82) is 0 Å². The highest BCUT2D eigenvalue weighted by molar-refractivity contribution is 6.31. The fraction of sp³-hybridized carbons (Fsp3) is 0.235. The van der Waals surface area contributed by atoms with Crippen molar-refractivity contribution in [2.75, 3.05) is 5.73 Å². The molecule has 1 heterocycles. The Bertz CT molecular complexity index is 760. The van der Waals surface area contributed by atoms with Gasteiger partial charge < -0.3 is 10.3 Å². The Labute approximate surface area is 129 Å². The molecule has 0 radical (unpaired) electrons. The summed E-state index contributed by atoms with van der Waals surface area (Å²) in [5.74, 6) is 1.10. The number of fused-ring (bicyclic) bond motifs is 1. The molecule has 0 aliphatic carbocycles. The summed E-state index contributed by atoms with van der Waals surface area (Å²) in [4.78, 5) is 4.74. The molecule has 0 aliphatic heterocycles. The van der Waals surface area contributed by atoms with Gasteiger partial charge in [0.2, 0.25) is 0 Å². The van der Waals surface area contributed by atoms with Gasteiger partial charge in [-0.3, -0.25) is 0 Å². The van der Waals surface area contributed by atoms with E-state index in [1.165, 1.54) is 5.56 Å². The van der Waals surface area contributed by atoms with Crippen LogP contribution in [0.5, 0.6) is 0 Å². The van der Waals surface area contributed by atoms with E-state index >= 15 is 0 Å². The van der Waals surface area contributed by atoms with E-state index in [1.54, 1.807) is 0 Å². The molecule has 2 aromatic carbocycles. The van der Waals surface area contributed by atoms with Crippen LogP contribution >= 0.6 is 11.6 Å². The second-order valence-electron chi connectivity index (χ2n) is 5.15. The fourth-order valence-electron chi connectivity index (χ4n) is 2.63. The monoisotopic (exact) mass is 299 g/mol. The third-order valence-electron chi connectivity index (χ3n) is 3.72. The summed E-state index contributed by atoms with van der Waals surface area (Å²) in [7, 11) is 0. The molecule has 4 heteroatoms. The Morgan fingerprint density at radius 3 is 2.57 bits per heavy atom. The molecule has 3 aromatic rings. The third kappa shape index (κ3) is 2.88. The van der Waals surface area contributed by atoms with Crippen LogP contribution in [0.25, 0.3) is 11.0 Å². The maximum Gasteiger partial charge on any atom is 0.110 e. The van der Waals surface area contributed by atoms with Gasteiger partial charge in [0.15, 0.2) is 0 Å². The molecule has 1 aromatic heterocycles. The Kier molecular flexibility index (Phi) is 3.84. The summed E-state index contributed by atoms with van der Waals surface area (Å²) >= 11 is 6.09. The second-order valence-corrected chi connectivity index (χ2v) is 5.58. The Morgan fingerprint density at radius 2 is 1.86 bits per heavy atom. The molecular weight excluding hydrogens is 282 g/mol. The van der Waals surface area contributed by atoms with Crippen molar-refractivity contribution in [3.8, 4) is 0 Å². The zero-order valence-corrected chi connectivity index (χ0v) is 12.8. The summed E-state index contributed by atoms with van der Waals surface area (Å²) in [5, 5.41) is 0.752. The number of halogens is 1. The van der Waals surface area contributed by atoms with Crippen LogP contribution in [-0.4, -0.2) is 9.55 Å². The minimum absolute atomic E-state index is 0.752. The number of imidazole rings is 1. The topological polar surface area (TPSA) is 43.8 Å². The van der Waals surface area contributed by atoms with Crippen LogP contribution in [0.4, 0.5) is 5.69 Å². The van der Waals surface area contributed by atoms with Crippen LogP contribution < -0.4 is 5.73 Å². The van der Waals surface area contributed by atoms with E-state index in [0.29, 0.717) is 0 Å². The zero-order valence-electron chi connectivity index (χ0n) is 12.0.